The molecule has 0 amide bonds. The van der Waals surface area contributed by atoms with Gasteiger partial charge in [-0.05, 0) is 94.1 Å². The van der Waals surface area contributed by atoms with Gasteiger partial charge in [-0.25, -0.2) is 0 Å². The molecule has 4 aliphatic carbocycles. The molecule has 154 valence electrons. The van der Waals surface area contributed by atoms with Gasteiger partial charge >= 0.3 is 0 Å². The summed E-state index contributed by atoms with van der Waals surface area (Å²) in [5, 5.41) is 0. The van der Waals surface area contributed by atoms with Crippen LogP contribution < -0.4 is 4.90 Å². The first-order valence-electron chi connectivity index (χ1n) is 11.8. The van der Waals surface area contributed by atoms with Gasteiger partial charge in [-0.15, -0.1) is 0 Å². The summed E-state index contributed by atoms with van der Waals surface area (Å²) in [5.41, 5.74) is 2.90. The highest BCUT2D eigenvalue weighted by Crippen LogP contribution is 2.52. The van der Waals surface area contributed by atoms with E-state index in [0.717, 1.165) is 45.4 Å². The molecule has 0 N–H and O–H groups in total. The molecule has 4 saturated carbocycles. The largest absolute Gasteiger partial charge is 0.365 e. The number of hydrogen-bond donors (Lipinski definition) is 0. The van der Waals surface area contributed by atoms with Crippen molar-refractivity contribution in [2.45, 2.75) is 92.9 Å². The molecule has 8 unspecified atom stereocenters. The molecule has 28 heavy (non-hydrogen) atoms. The van der Waals surface area contributed by atoms with Gasteiger partial charge in [0, 0.05) is 27.4 Å². The van der Waals surface area contributed by atoms with Crippen molar-refractivity contribution in [1.29, 1.82) is 0 Å². The summed E-state index contributed by atoms with van der Waals surface area (Å²) < 4.78 is 0. The van der Waals surface area contributed by atoms with Gasteiger partial charge in [-0.3, -0.25) is 0 Å². The minimum absolute atomic E-state index is 0.752. The maximum absolute atomic E-state index is 4.06. The van der Waals surface area contributed by atoms with Gasteiger partial charge in [0.05, 0.1) is 0 Å². The molecule has 5 rings (SSSR count). The van der Waals surface area contributed by atoms with E-state index in [9.17, 15) is 0 Å². The molecule has 4 aliphatic rings. The van der Waals surface area contributed by atoms with Crippen LogP contribution in [0.3, 0.4) is 0 Å². The van der Waals surface area contributed by atoms with Crippen molar-refractivity contribution in [1.82, 2.24) is 0 Å². The SMILES string of the molecule is Cc1ccc(N(C2CCC(Br)C3CCCC32)C2CCC(Br)C3CCCC32)cc1. The van der Waals surface area contributed by atoms with Gasteiger partial charge in [-0.1, -0.05) is 62.4 Å². The van der Waals surface area contributed by atoms with E-state index in [2.05, 4.69) is 67.9 Å². The normalized spacial score (nSPS) is 42.8. The lowest BCUT2D eigenvalue weighted by Crippen LogP contribution is -2.56. The van der Waals surface area contributed by atoms with E-state index < -0.39 is 0 Å². The van der Waals surface area contributed by atoms with Crippen LogP contribution >= 0.6 is 31.9 Å². The molecule has 1 aromatic carbocycles. The lowest BCUT2D eigenvalue weighted by Gasteiger charge is -2.52. The average Bonchev–Trinajstić information content (AvgIpc) is 3.37. The number of nitrogens with zero attached hydrogens (tertiary/aromatic N) is 1. The Morgan fingerprint density at radius 1 is 0.643 bits per heavy atom. The Morgan fingerprint density at radius 3 is 1.61 bits per heavy atom. The highest BCUT2D eigenvalue weighted by Gasteiger charge is 2.49. The van der Waals surface area contributed by atoms with E-state index in [-0.39, 0.29) is 0 Å². The van der Waals surface area contributed by atoms with Gasteiger partial charge in [0.25, 0.3) is 0 Å². The minimum Gasteiger partial charge on any atom is -0.365 e. The van der Waals surface area contributed by atoms with Gasteiger partial charge in [0.15, 0.2) is 0 Å². The molecule has 1 nitrogen and oxygen atoms in total. The number of hydrogen-bond acceptors (Lipinski definition) is 1. The Kier molecular flexibility index (Phi) is 5.87. The summed E-state index contributed by atoms with van der Waals surface area (Å²) in [6.07, 6.45) is 14.1. The van der Waals surface area contributed by atoms with E-state index in [1.807, 2.05) is 0 Å². The third-order valence-corrected chi connectivity index (χ3v) is 11.0. The summed E-state index contributed by atoms with van der Waals surface area (Å²) in [6, 6.07) is 11.1. The van der Waals surface area contributed by atoms with Crippen molar-refractivity contribution in [2.75, 3.05) is 4.90 Å². The second-order valence-electron chi connectivity index (χ2n) is 10.1. The van der Waals surface area contributed by atoms with Crippen molar-refractivity contribution in [3.8, 4) is 0 Å². The third-order valence-electron chi connectivity index (χ3n) is 8.69. The van der Waals surface area contributed by atoms with E-state index in [1.54, 1.807) is 0 Å². The number of halogens is 2. The van der Waals surface area contributed by atoms with Crippen molar-refractivity contribution < 1.29 is 0 Å². The Morgan fingerprint density at radius 2 is 1.11 bits per heavy atom. The Bertz CT molecular complexity index is 638. The number of aryl methyl sites for hydroxylation is 1. The molecule has 0 bridgehead atoms. The topological polar surface area (TPSA) is 3.24 Å². The molecule has 0 radical (unpaired) electrons. The average molecular weight is 509 g/mol. The second-order valence-corrected chi connectivity index (χ2v) is 12.4. The first-order chi connectivity index (χ1) is 13.6. The summed E-state index contributed by atoms with van der Waals surface area (Å²) in [6.45, 7) is 2.22. The number of benzene rings is 1. The fraction of sp³-hybridized carbons (Fsp3) is 0.760. The summed E-state index contributed by atoms with van der Waals surface area (Å²) in [4.78, 5) is 4.51. The fourth-order valence-corrected chi connectivity index (χ4v) is 9.28. The van der Waals surface area contributed by atoms with Crippen LogP contribution in [0, 0.1) is 30.6 Å². The zero-order chi connectivity index (χ0) is 19.3. The molecule has 0 spiro atoms. The summed E-state index contributed by atoms with van der Waals surface area (Å²) in [5.74, 6) is 3.58. The molecule has 0 heterocycles. The summed E-state index contributed by atoms with van der Waals surface area (Å²) in [7, 11) is 0. The molecule has 3 heteroatoms. The standard InChI is InChI=1S/C25H35Br2N/c1-16-8-10-17(11-9-16)28(24-14-12-22(26)18-4-2-6-20(18)24)25-15-13-23(27)19-5-3-7-21(19)25/h8-11,18-25H,2-7,12-15H2,1H3. The highest BCUT2D eigenvalue weighted by molar-refractivity contribution is 9.09. The van der Waals surface area contributed by atoms with Crippen LogP contribution in [0.25, 0.3) is 0 Å². The lowest BCUT2D eigenvalue weighted by molar-refractivity contribution is 0.181. The zero-order valence-corrected chi connectivity index (χ0v) is 20.4. The van der Waals surface area contributed by atoms with Crippen LogP contribution in [0.15, 0.2) is 24.3 Å². The Labute approximate surface area is 188 Å². The number of fused-ring (bicyclic) bond motifs is 2. The molecule has 1 aromatic rings. The first kappa shape index (κ1) is 19.9. The molecular weight excluding hydrogens is 474 g/mol. The van der Waals surface area contributed by atoms with E-state index in [4.69, 9.17) is 0 Å². The van der Waals surface area contributed by atoms with E-state index >= 15 is 0 Å². The quantitative estimate of drug-likeness (QED) is 0.382. The third kappa shape index (κ3) is 3.51. The van der Waals surface area contributed by atoms with Crippen molar-refractivity contribution in [3.63, 3.8) is 0 Å². The number of alkyl halides is 2. The van der Waals surface area contributed by atoms with Crippen molar-refractivity contribution in [2.24, 2.45) is 23.7 Å². The molecule has 0 aromatic heterocycles. The van der Waals surface area contributed by atoms with Crippen molar-refractivity contribution >= 4 is 37.5 Å². The van der Waals surface area contributed by atoms with Crippen LogP contribution in [0.5, 0.6) is 0 Å². The summed E-state index contributed by atoms with van der Waals surface area (Å²) >= 11 is 8.12. The molecule has 0 saturated heterocycles. The predicted molar refractivity (Wildman–Crippen MR) is 127 cm³/mol. The zero-order valence-electron chi connectivity index (χ0n) is 17.2. The van der Waals surface area contributed by atoms with Crippen molar-refractivity contribution in [3.05, 3.63) is 29.8 Å². The maximum atomic E-state index is 4.06. The van der Waals surface area contributed by atoms with Crippen LogP contribution in [0.1, 0.15) is 69.8 Å². The fourth-order valence-electron chi connectivity index (χ4n) is 7.44. The van der Waals surface area contributed by atoms with Crippen LogP contribution in [-0.4, -0.2) is 21.7 Å². The van der Waals surface area contributed by atoms with E-state index in [1.165, 1.54) is 75.5 Å². The molecule has 4 fully saturated rings. The molecule has 8 atom stereocenters. The smallest absolute Gasteiger partial charge is 0.0371 e. The number of rotatable bonds is 3. The van der Waals surface area contributed by atoms with Gasteiger partial charge in [0.2, 0.25) is 0 Å². The second kappa shape index (κ2) is 8.25. The van der Waals surface area contributed by atoms with Gasteiger partial charge in [-0.2, -0.15) is 0 Å². The van der Waals surface area contributed by atoms with Crippen LogP contribution in [-0.2, 0) is 0 Å². The van der Waals surface area contributed by atoms with Gasteiger partial charge < -0.3 is 4.90 Å². The molecule has 0 aliphatic heterocycles. The van der Waals surface area contributed by atoms with E-state index in [0.29, 0.717) is 0 Å². The Balaban J connectivity index is 1.51. The molecular formula is C25H35Br2N. The number of anilines is 1. The predicted octanol–water partition coefficient (Wildman–Crippen LogP) is 7.49. The van der Waals surface area contributed by atoms with Crippen LogP contribution in [0.2, 0.25) is 0 Å². The lowest BCUT2D eigenvalue weighted by atomic mass is 9.72. The maximum Gasteiger partial charge on any atom is 0.0371 e. The van der Waals surface area contributed by atoms with Crippen LogP contribution in [0.4, 0.5) is 5.69 Å². The Hall–Kier alpha value is -0.0200. The highest BCUT2D eigenvalue weighted by atomic mass is 79.9. The van der Waals surface area contributed by atoms with Gasteiger partial charge in [0.1, 0.15) is 0 Å². The minimum atomic E-state index is 0.752. The first-order valence-corrected chi connectivity index (χ1v) is 13.6. The monoisotopic (exact) mass is 507 g/mol.